The van der Waals surface area contributed by atoms with E-state index in [1.54, 1.807) is 5.82 Å². The highest BCUT2D eigenvalue weighted by Crippen LogP contribution is 2.52. The van der Waals surface area contributed by atoms with Crippen molar-refractivity contribution in [3.8, 4) is 11.1 Å². The molecule has 0 atom stereocenters. The first-order valence-electron chi connectivity index (χ1n) is 9.33. The van der Waals surface area contributed by atoms with Crippen LogP contribution in [-0.4, -0.2) is 33.4 Å². The van der Waals surface area contributed by atoms with E-state index in [1.165, 1.54) is 5.56 Å². The summed E-state index contributed by atoms with van der Waals surface area (Å²) in [6, 6.07) is 16.6. The fourth-order valence-corrected chi connectivity index (χ4v) is 4.69. The maximum absolute atomic E-state index is 13.0. The first-order valence-corrected chi connectivity index (χ1v) is 10.9. The van der Waals surface area contributed by atoms with E-state index in [4.69, 9.17) is 9.05 Å². The van der Waals surface area contributed by atoms with Crippen LogP contribution < -0.4 is 10.2 Å². The number of rotatable bonds is 6. The quantitative estimate of drug-likeness (QED) is 0.712. The third-order valence-electron chi connectivity index (χ3n) is 4.47. The summed E-state index contributed by atoms with van der Waals surface area (Å²) in [5, 5.41) is 3.39. The third kappa shape index (κ3) is 4.62. The number of hydrogen-bond donors (Lipinski definition) is 1. The zero-order valence-electron chi connectivity index (χ0n) is 16.1. The zero-order chi connectivity index (χ0) is 19.3. The minimum Gasteiger partial charge on any atom is -0.382 e. The molecular weight excluding hydrogens is 359 g/mol. The third-order valence-corrected chi connectivity index (χ3v) is 6.28. The largest absolute Gasteiger partial charge is 0.382 e. The maximum Gasteiger partial charge on any atom is 0.356 e. The van der Waals surface area contributed by atoms with E-state index < -0.39 is 7.60 Å². The van der Waals surface area contributed by atoms with Gasteiger partial charge in [0.15, 0.2) is 0 Å². The lowest BCUT2D eigenvalue weighted by Gasteiger charge is -2.20. The number of nitrogens with zero attached hydrogens (tertiary/aromatic N) is 1. The van der Waals surface area contributed by atoms with Crippen molar-refractivity contribution in [2.24, 2.45) is 0 Å². The van der Waals surface area contributed by atoms with Gasteiger partial charge in [0.25, 0.3) is 0 Å². The van der Waals surface area contributed by atoms with Gasteiger partial charge in [0, 0.05) is 31.4 Å². The molecule has 0 fully saturated rings. The molecule has 5 nitrogen and oxygen atoms in total. The van der Waals surface area contributed by atoms with E-state index in [0.29, 0.717) is 13.2 Å². The topological polar surface area (TPSA) is 50.8 Å². The molecule has 1 N–H and O–H groups in total. The van der Waals surface area contributed by atoms with Gasteiger partial charge >= 0.3 is 7.60 Å². The molecular formula is C21H27N2O3P. The van der Waals surface area contributed by atoms with Crippen LogP contribution in [0.4, 0.5) is 5.69 Å². The van der Waals surface area contributed by atoms with E-state index >= 15 is 0 Å². The SMILES string of the molecule is CCOP(=O)(/C=C1\NCCN(C)c2cc(-c3ccccc3)ccc21)OCC. The number of benzene rings is 2. The molecule has 2 aromatic carbocycles. The Kier molecular flexibility index (Phi) is 6.38. The van der Waals surface area contributed by atoms with Crippen LogP contribution in [0.1, 0.15) is 19.4 Å². The minimum absolute atomic E-state index is 0.334. The Hall–Kier alpha value is -2.07. The smallest absolute Gasteiger partial charge is 0.356 e. The Morgan fingerprint density at radius 3 is 2.44 bits per heavy atom. The average molecular weight is 386 g/mol. The number of fused-ring (bicyclic) bond motifs is 1. The van der Waals surface area contributed by atoms with Crippen molar-refractivity contribution in [3.63, 3.8) is 0 Å². The molecule has 27 heavy (non-hydrogen) atoms. The molecule has 0 amide bonds. The van der Waals surface area contributed by atoms with Crippen molar-refractivity contribution in [3.05, 3.63) is 59.9 Å². The fraction of sp³-hybridized carbons (Fsp3) is 0.333. The number of anilines is 1. The molecule has 0 spiro atoms. The fourth-order valence-electron chi connectivity index (χ4n) is 3.20. The highest BCUT2D eigenvalue weighted by molar-refractivity contribution is 7.57. The second-order valence-corrected chi connectivity index (χ2v) is 8.22. The highest BCUT2D eigenvalue weighted by atomic mass is 31.2. The van der Waals surface area contributed by atoms with E-state index in [9.17, 15) is 4.57 Å². The van der Waals surface area contributed by atoms with Gasteiger partial charge in [-0.05, 0) is 31.0 Å². The molecule has 6 heteroatoms. The highest BCUT2D eigenvalue weighted by Gasteiger charge is 2.25. The van der Waals surface area contributed by atoms with Gasteiger partial charge in [-0.25, -0.2) is 0 Å². The van der Waals surface area contributed by atoms with Crippen LogP contribution in [0.15, 0.2) is 54.3 Å². The first-order chi connectivity index (χ1) is 13.1. The number of likely N-dealkylation sites (N-methyl/N-ethyl adjacent to an activating group) is 1. The van der Waals surface area contributed by atoms with E-state index in [0.717, 1.165) is 35.6 Å². The predicted molar refractivity (Wildman–Crippen MR) is 112 cm³/mol. The van der Waals surface area contributed by atoms with E-state index in [2.05, 4.69) is 47.6 Å². The zero-order valence-corrected chi connectivity index (χ0v) is 17.0. The Morgan fingerprint density at radius 2 is 1.78 bits per heavy atom. The molecule has 2 aromatic rings. The Balaban J connectivity index is 2.06. The lowest BCUT2D eigenvalue weighted by Crippen LogP contribution is -2.24. The van der Waals surface area contributed by atoms with Crippen LogP contribution in [0.2, 0.25) is 0 Å². The van der Waals surface area contributed by atoms with Gasteiger partial charge in [0.2, 0.25) is 0 Å². The Bertz CT molecular complexity index is 842. The van der Waals surface area contributed by atoms with Gasteiger partial charge < -0.3 is 19.3 Å². The second-order valence-electron chi connectivity index (χ2n) is 6.36. The normalized spacial score (nSPS) is 16.0. The summed E-state index contributed by atoms with van der Waals surface area (Å²) in [4.78, 5) is 2.21. The second kappa shape index (κ2) is 8.75. The average Bonchev–Trinajstić information content (AvgIpc) is 2.82. The molecule has 1 aliphatic rings. The monoisotopic (exact) mass is 386 g/mol. The van der Waals surface area contributed by atoms with E-state index in [-0.39, 0.29) is 0 Å². The van der Waals surface area contributed by atoms with Gasteiger partial charge in [-0.3, -0.25) is 4.57 Å². The predicted octanol–water partition coefficient (Wildman–Crippen LogP) is 4.96. The summed E-state index contributed by atoms with van der Waals surface area (Å²) in [7, 11) is -1.22. The van der Waals surface area contributed by atoms with Crippen molar-refractivity contribution in [1.29, 1.82) is 0 Å². The lowest BCUT2D eigenvalue weighted by atomic mass is 10.0. The molecule has 3 rings (SSSR count). The number of nitrogens with one attached hydrogen (secondary N) is 1. The van der Waals surface area contributed by atoms with Crippen molar-refractivity contribution in [1.82, 2.24) is 5.32 Å². The molecule has 0 aliphatic carbocycles. The standard InChI is InChI=1S/C21H27N2O3P/c1-4-25-27(24,26-5-2)16-20-19-12-11-18(17-9-7-6-8-10-17)15-21(19)23(3)14-13-22-20/h6-12,15-16,22H,4-5,13-14H2,1-3H3/b20-16-. The van der Waals surface area contributed by atoms with Gasteiger partial charge in [-0.15, -0.1) is 0 Å². The molecule has 0 unspecified atom stereocenters. The lowest BCUT2D eigenvalue weighted by molar-refractivity contribution is 0.229. The van der Waals surface area contributed by atoms with Crippen molar-refractivity contribution >= 4 is 19.0 Å². The van der Waals surface area contributed by atoms with Crippen molar-refractivity contribution in [2.75, 3.05) is 38.3 Å². The van der Waals surface area contributed by atoms with Crippen LogP contribution in [0.5, 0.6) is 0 Å². The van der Waals surface area contributed by atoms with Crippen LogP contribution >= 0.6 is 7.60 Å². The van der Waals surface area contributed by atoms with Crippen molar-refractivity contribution in [2.45, 2.75) is 13.8 Å². The number of hydrogen-bond acceptors (Lipinski definition) is 5. The van der Waals surface area contributed by atoms with Gasteiger partial charge in [0.1, 0.15) is 0 Å². The molecule has 0 saturated heterocycles. The van der Waals surface area contributed by atoms with Crippen LogP contribution in [0.3, 0.4) is 0 Å². The summed E-state index contributed by atoms with van der Waals surface area (Å²) in [5.41, 5.74) is 5.20. The summed E-state index contributed by atoms with van der Waals surface area (Å²) in [5.74, 6) is 1.63. The van der Waals surface area contributed by atoms with Gasteiger partial charge in [0.05, 0.1) is 24.7 Å². The molecule has 0 radical (unpaired) electrons. The summed E-state index contributed by atoms with van der Waals surface area (Å²) in [6.45, 7) is 5.89. The van der Waals surface area contributed by atoms with Crippen LogP contribution in [0, 0.1) is 0 Å². The van der Waals surface area contributed by atoms with Crippen molar-refractivity contribution < 1.29 is 13.6 Å². The van der Waals surface area contributed by atoms with E-state index in [1.807, 2.05) is 32.0 Å². The Labute approximate surface area is 161 Å². The van der Waals surface area contributed by atoms with Crippen LogP contribution in [0.25, 0.3) is 16.8 Å². The molecule has 0 saturated carbocycles. The summed E-state index contributed by atoms with van der Waals surface area (Å²) < 4.78 is 23.9. The minimum atomic E-state index is -3.30. The Morgan fingerprint density at radius 1 is 1.07 bits per heavy atom. The molecule has 1 aliphatic heterocycles. The molecule has 1 heterocycles. The van der Waals surface area contributed by atoms with Gasteiger partial charge in [-0.2, -0.15) is 0 Å². The summed E-state index contributed by atoms with van der Waals surface area (Å²) >= 11 is 0. The molecule has 0 bridgehead atoms. The summed E-state index contributed by atoms with van der Waals surface area (Å²) in [6.07, 6.45) is 0. The maximum atomic E-state index is 13.0. The first kappa shape index (κ1) is 19.7. The molecule has 0 aromatic heterocycles. The molecule has 144 valence electrons. The van der Waals surface area contributed by atoms with Crippen LogP contribution in [-0.2, 0) is 13.6 Å². The van der Waals surface area contributed by atoms with Gasteiger partial charge in [-0.1, -0.05) is 42.5 Å².